The Hall–Kier alpha value is -3.10. The average molecular weight is 463 g/mol. The van der Waals surface area contributed by atoms with Crippen LogP contribution in [0.5, 0.6) is 0 Å². The molecule has 0 aromatic heterocycles. The second-order valence-electron chi connectivity index (χ2n) is 9.51. The largest absolute Gasteiger partial charge is 0.444 e. The van der Waals surface area contributed by atoms with Crippen LogP contribution in [0.3, 0.4) is 0 Å². The normalized spacial score (nSPS) is 13.1. The Morgan fingerprint density at radius 2 is 1.70 bits per heavy atom. The molecule has 0 bridgehead atoms. The fraction of sp³-hybridized carbons (Fsp3) is 0.583. The van der Waals surface area contributed by atoms with Gasteiger partial charge in [0, 0.05) is 19.5 Å². The maximum Gasteiger partial charge on any atom is 0.408 e. The molecule has 0 spiro atoms. The molecule has 0 saturated heterocycles. The third kappa shape index (κ3) is 8.75. The molecule has 1 aromatic carbocycles. The summed E-state index contributed by atoms with van der Waals surface area (Å²) in [6.45, 7) is 12.6. The van der Waals surface area contributed by atoms with E-state index in [9.17, 15) is 19.2 Å². The number of likely N-dealkylation sites (N-methyl/N-ethyl adjacent to an activating group) is 1. The number of nitrogens with zero attached hydrogens (tertiary/aromatic N) is 1. The Labute approximate surface area is 196 Å². The van der Waals surface area contributed by atoms with Gasteiger partial charge in [0.2, 0.25) is 17.7 Å². The predicted octanol–water partition coefficient (Wildman–Crippen LogP) is 2.49. The number of aryl methyl sites for hydroxylation is 1. The molecule has 0 radical (unpaired) electrons. The first-order valence-electron chi connectivity index (χ1n) is 11.0. The minimum atomic E-state index is -1.10. The van der Waals surface area contributed by atoms with E-state index in [1.807, 2.05) is 39.8 Å². The van der Waals surface area contributed by atoms with Crippen LogP contribution in [-0.4, -0.2) is 53.4 Å². The molecule has 9 nitrogen and oxygen atoms in total. The van der Waals surface area contributed by atoms with Gasteiger partial charge in [-0.25, -0.2) is 4.79 Å². The second-order valence-corrected chi connectivity index (χ2v) is 9.51. The number of benzene rings is 1. The molecule has 1 aromatic rings. The minimum absolute atomic E-state index is 0.0247. The van der Waals surface area contributed by atoms with E-state index in [2.05, 4.69) is 10.6 Å². The molecule has 2 atom stereocenters. The molecule has 1 rings (SSSR count). The SMILES string of the molecule is Cc1cccc(C(C(=O)NC(C)C)N(C)C(=O)C(CCC(N)=O)NC(=O)OC(C)(C)C)c1C. The number of primary amides is 1. The van der Waals surface area contributed by atoms with E-state index in [1.165, 1.54) is 11.9 Å². The van der Waals surface area contributed by atoms with Gasteiger partial charge in [0.1, 0.15) is 17.7 Å². The van der Waals surface area contributed by atoms with Crippen LogP contribution in [0.2, 0.25) is 0 Å². The quantitative estimate of drug-likeness (QED) is 0.519. The monoisotopic (exact) mass is 462 g/mol. The van der Waals surface area contributed by atoms with Gasteiger partial charge in [-0.1, -0.05) is 18.2 Å². The van der Waals surface area contributed by atoms with Crippen molar-refractivity contribution in [3.63, 3.8) is 0 Å². The number of alkyl carbamates (subject to hydrolysis) is 1. The number of nitrogens with one attached hydrogen (secondary N) is 2. The molecule has 0 fully saturated rings. The van der Waals surface area contributed by atoms with Gasteiger partial charge in [-0.05, 0) is 71.6 Å². The van der Waals surface area contributed by atoms with Gasteiger partial charge >= 0.3 is 6.09 Å². The molecule has 9 heteroatoms. The molecular weight excluding hydrogens is 424 g/mol. The van der Waals surface area contributed by atoms with E-state index >= 15 is 0 Å². The van der Waals surface area contributed by atoms with Crippen molar-refractivity contribution in [2.24, 2.45) is 5.73 Å². The third-order valence-electron chi connectivity index (χ3n) is 5.02. The van der Waals surface area contributed by atoms with Crippen LogP contribution in [0.1, 0.15) is 70.2 Å². The minimum Gasteiger partial charge on any atom is -0.444 e. The summed E-state index contributed by atoms with van der Waals surface area (Å²) in [5.41, 5.74) is 7.04. The molecule has 0 saturated carbocycles. The summed E-state index contributed by atoms with van der Waals surface area (Å²) >= 11 is 0. The number of rotatable bonds is 9. The summed E-state index contributed by atoms with van der Waals surface area (Å²) in [5, 5.41) is 5.40. The zero-order valence-electron chi connectivity index (χ0n) is 20.9. The number of carbonyl (C=O) groups excluding carboxylic acids is 4. The van der Waals surface area contributed by atoms with Crippen LogP contribution in [0.25, 0.3) is 0 Å². The van der Waals surface area contributed by atoms with E-state index < -0.39 is 35.6 Å². The van der Waals surface area contributed by atoms with Crippen LogP contribution < -0.4 is 16.4 Å². The molecule has 0 aliphatic carbocycles. The van der Waals surface area contributed by atoms with Crippen molar-refractivity contribution < 1.29 is 23.9 Å². The number of nitrogens with two attached hydrogens (primary N) is 1. The smallest absolute Gasteiger partial charge is 0.408 e. The Morgan fingerprint density at radius 1 is 1.09 bits per heavy atom. The Kier molecular flexibility index (Phi) is 9.88. The lowest BCUT2D eigenvalue weighted by Gasteiger charge is -2.33. The highest BCUT2D eigenvalue weighted by molar-refractivity contribution is 5.92. The van der Waals surface area contributed by atoms with Crippen molar-refractivity contribution in [2.75, 3.05) is 7.05 Å². The summed E-state index contributed by atoms with van der Waals surface area (Å²) in [4.78, 5) is 51.7. The number of ether oxygens (including phenoxy) is 1. The molecule has 4 amide bonds. The van der Waals surface area contributed by atoms with Gasteiger partial charge in [-0.15, -0.1) is 0 Å². The predicted molar refractivity (Wildman–Crippen MR) is 126 cm³/mol. The highest BCUT2D eigenvalue weighted by Gasteiger charge is 2.35. The maximum atomic E-state index is 13.5. The fourth-order valence-corrected chi connectivity index (χ4v) is 3.33. The molecule has 0 heterocycles. The average Bonchev–Trinajstić information content (AvgIpc) is 2.65. The van der Waals surface area contributed by atoms with Crippen molar-refractivity contribution in [2.45, 2.75) is 85.0 Å². The van der Waals surface area contributed by atoms with Gasteiger partial charge in [0.25, 0.3) is 0 Å². The van der Waals surface area contributed by atoms with Crippen molar-refractivity contribution in [1.82, 2.24) is 15.5 Å². The Bertz CT molecular complexity index is 876. The molecule has 4 N–H and O–H groups in total. The van der Waals surface area contributed by atoms with E-state index in [1.54, 1.807) is 26.8 Å². The summed E-state index contributed by atoms with van der Waals surface area (Å²) in [6.07, 6.45) is -0.941. The third-order valence-corrected chi connectivity index (χ3v) is 5.02. The van der Waals surface area contributed by atoms with Crippen LogP contribution in [0.4, 0.5) is 4.79 Å². The van der Waals surface area contributed by atoms with Gasteiger partial charge in [-0.2, -0.15) is 0 Å². The van der Waals surface area contributed by atoms with Crippen LogP contribution in [-0.2, 0) is 19.1 Å². The fourth-order valence-electron chi connectivity index (χ4n) is 3.33. The van der Waals surface area contributed by atoms with Crippen LogP contribution >= 0.6 is 0 Å². The van der Waals surface area contributed by atoms with Gasteiger partial charge in [0.05, 0.1) is 0 Å². The highest BCUT2D eigenvalue weighted by Crippen LogP contribution is 2.26. The lowest BCUT2D eigenvalue weighted by Crippen LogP contribution is -2.52. The van der Waals surface area contributed by atoms with E-state index in [0.717, 1.165) is 11.1 Å². The first-order chi connectivity index (χ1) is 15.1. The number of hydrogen-bond acceptors (Lipinski definition) is 5. The zero-order chi connectivity index (χ0) is 25.5. The van der Waals surface area contributed by atoms with E-state index in [4.69, 9.17) is 10.5 Å². The lowest BCUT2D eigenvalue weighted by molar-refractivity contribution is -0.141. The molecule has 33 heavy (non-hydrogen) atoms. The number of amides is 4. The maximum absolute atomic E-state index is 13.5. The lowest BCUT2D eigenvalue weighted by atomic mass is 9.95. The molecule has 0 aliphatic heterocycles. The molecule has 184 valence electrons. The van der Waals surface area contributed by atoms with Crippen molar-refractivity contribution in [1.29, 1.82) is 0 Å². The van der Waals surface area contributed by atoms with E-state index in [0.29, 0.717) is 5.56 Å². The van der Waals surface area contributed by atoms with Crippen LogP contribution in [0.15, 0.2) is 18.2 Å². The van der Waals surface area contributed by atoms with Gasteiger partial charge < -0.3 is 26.0 Å². The number of carbonyl (C=O) groups is 4. The van der Waals surface area contributed by atoms with E-state index in [-0.39, 0.29) is 24.8 Å². The molecule has 0 aliphatic rings. The summed E-state index contributed by atoms with van der Waals surface area (Å²) in [7, 11) is 1.50. The second kappa shape index (κ2) is 11.7. The Balaban J connectivity index is 3.33. The standard InChI is InChI=1S/C24H38N4O5/c1-14(2)26-21(30)20(17-11-9-10-15(3)16(17)4)28(8)22(31)18(12-13-19(25)29)27-23(32)33-24(5,6)7/h9-11,14,18,20H,12-13H2,1-8H3,(H2,25,29)(H,26,30)(H,27,32). The van der Waals surface area contributed by atoms with Gasteiger partial charge in [-0.3, -0.25) is 14.4 Å². The van der Waals surface area contributed by atoms with Crippen LogP contribution in [0, 0.1) is 13.8 Å². The first kappa shape index (κ1) is 27.9. The Morgan fingerprint density at radius 3 is 2.21 bits per heavy atom. The molecular formula is C24H38N4O5. The summed E-state index contributed by atoms with van der Waals surface area (Å²) in [6, 6.07) is 3.39. The van der Waals surface area contributed by atoms with Crippen molar-refractivity contribution >= 4 is 23.8 Å². The van der Waals surface area contributed by atoms with Crippen molar-refractivity contribution in [3.8, 4) is 0 Å². The summed E-state index contributed by atoms with van der Waals surface area (Å²) < 4.78 is 5.27. The molecule has 2 unspecified atom stereocenters. The number of hydrogen-bond donors (Lipinski definition) is 3. The highest BCUT2D eigenvalue weighted by atomic mass is 16.6. The first-order valence-corrected chi connectivity index (χ1v) is 11.0. The zero-order valence-corrected chi connectivity index (χ0v) is 20.9. The topological polar surface area (TPSA) is 131 Å². The van der Waals surface area contributed by atoms with Crippen molar-refractivity contribution in [3.05, 3.63) is 34.9 Å². The summed E-state index contributed by atoms with van der Waals surface area (Å²) in [5.74, 6) is -1.49. The van der Waals surface area contributed by atoms with Gasteiger partial charge in [0.15, 0.2) is 0 Å².